The minimum absolute atomic E-state index is 0.166. The van der Waals surface area contributed by atoms with E-state index in [2.05, 4.69) is 19.2 Å². The van der Waals surface area contributed by atoms with Gasteiger partial charge in [0.2, 0.25) is 0 Å². The van der Waals surface area contributed by atoms with E-state index in [1.807, 2.05) is 32.0 Å². The highest BCUT2D eigenvalue weighted by Crippen LogP contribution is 2.29. The van der Waals surface area contributed by atoms with Crippen LogP contribution in [0, 0.1) is 0 Å². The first-order valence-corrected chi connectivity index (χ1v) is 5.59. The van der Waals surface area contributed by atoms with Gasteiger partial charge in [0, 0.05) is 11.1 Å². The second-order valence-corrected chi connectivity index (χ2v) is 4.54. The van der Waals surface area contributed by atoms with Crippen LogP contribution in [0.15, 0.2) is 18.2 Å². The molecule has 0 aliphatic rings. The summed E-state index contributed by atoms with van der Waals surface area (Å²) in [7, 11) is 0. The van der Waals surface area contributed by atoms with E-state index in [0.717, 1.165) is 11.4 Å². The van der Waals surface area contributed by atoms with Crippen molar-refractivity contribution in [2.45, 2.75) is 39.8 Å². The third kappa shape index (κ3) is 4.00. The lowest BCUT2D eigenvalue weighted by atomic mass is 10.2. The number of hydrogen-bond donors (Lipinski definition) is 1. The van der Waals surface area contributed by atoms with E-state index in [-0.39, 0.29) is 6.10 Å². The van der Waals surface area contributed by atoms with Crippen molar-refractivity contribution in [2.24, 2.45) is 0 Å². The van der Waals surface area contributed by atoms with Crippen molar-refractivity contribution in [3.8, 4) is 5.75 Å². The fourth-order valence-electron chi connectivity index (χ4n) is 1.28. The fraction of sp³-hybridized carbons (Fsp3) is 0.500. The van der Waals surface area contributed by atoms with Crippen molar-refractivity contribution in [1.82, 2.24) is 0 Å². The Morgan fingerprint density at radius 3 is 2.40 bits per heavy atom. The average molecular weight is 228 g/mol. The number of ether oxygens (including phenoxy) is 1. The molecule has 0 spiro atoms. The van der Waals surface area contributed by atoms with Gasteiger partial charge < -0.3 is 10.1 Å². The van der Waals surface area contributed by atoms with Crippen LogP contribution < -0.4 is 10.1 Å². The van der Waals surface area contributed by atoms with Gasteiger partial charge in [0.05, 0.1) is 11.8 Å². The standard InChI is InChI=1S/C12H18ClNO/c1-8(2)14-11-7-10(13)5-6-12(11)15-9(3)4/h5-9,14H,1-4H3. The van der Waals surface area contributed by atoms with E-state index in [1.54, 1.807) is 0 Å². The summed E-state index contributed by atoms with van der Waals surface area (Å²) in [4.78, 5) is 0. The molecule has 1 rings (SSSR count). The van der Waals surface area contributed by atoms with Crippen molar-refractivity contribution >= 4 is 17.3 Å². The van der Waals surface area contributed by atoms with Gasteiger partial charge in [-0.1, -0.05) is 11.6 Å². The minimum atomic E-state index is 0.166. The molecular formula is C12H18ClNO. The molecule has 0 atom stereocenters. The molecule has 0 amide bonds. The zero-order chi connectivity index (χ0) is 11.4. The molecule has 1 aromatic rings. The lowest BCUT2D eigenvalue weighted by Gasteiger charge is -2.17. The van der Waals surface area contributed by atoms with Crippen LogP contribution in [0.5, 0.6) is 5.75 Å². The molecule has 15 heavy (non-hydrogen) atoms. The highest BCUT2D eigenvalue weighted by molar-refractivity contribution is 6.30. The van der Waals surface area contributed by atoms with Crippen LogP contribution in [-0.2, 0) is 0 Å². The van der Waals surface area contributed by atoms with E-state index in [4.69, 9.17) is 16.3 Å². The van der Waals surface area contributed by atoms with Gasteiger partial charge in [-0.3, -0.25) is 0 Å². The second-order valence-electron chi connectivity index (χ2n) is 4.11. The monoisotopic (exact) mass is 227 g/mol. The van der Waals surface area contributed by atoms with Crippen LogP contribution in [0.1, 0.15) is 27.7 Å². The SMILES string of the molecule is CC(C)Nc1cc(Cl)ccc1OC(C)C. The molecule has 0 saturated heterocycles. The number of benzene rings is 1. The van der Waals surface area contributed by atoms with Crippen molar-refractivity contribution < 1.29 is 4.74 Å². The topological polar surface area (TPSA) is 21.3 Å². The molecule has 1 aromatic carbocycles. The van der Waals surface area contributed by atoms with Crippen LogP contribution in [0.4, 0.5) is 5.69 Å². The summed E-state index contributed by atoms with van der Waals surface area (Å²) >= 11 is 5.94. The summed E-state index contributed by atoms with van der Waals surface area (Å²) in [6, 6.07) is 5.98. The van der Waals surface area contributed by atoms with Crippen LogP contribution in [0.25, 0.3) is 0 Å². The first-order chi connectivity index (χ1) is 6.99. The summed E-state index contributed by atoms with van der Waals surface area (Å²) in [5.74, 6) is 0.850. The quantitative estimate of drug-likeness (QED) is 0.841. The highest BCUT2D eigenvalue weighted by Gasteiger charge is 2.07. The summed E-state index contributed by atoms with van der Waals surface area (Å²) in [6.45, 7) is 8.18. The van der Waals surface area contributed by atoms with Crippen LogP contribution in [0.3, 0.4) is 0 Å². The third-order valence-electron chi connectivity index (χ3n) is 1.75. The Labute approximate surface area is 96.6 Å². The van der Waals surface area contributed by atoms with Crippen molar-refractivity contribution in [1.29, 1.82) is 0 Å². The molecule has 0 aliphatic carbocycles. The van der Waals surface area contributed by atoms with Crippen molar-refractivity contribution in [3.63, 3.8) is 0 Å². The zero-order valence-electron chi connectivity index (χ0n) is 9.67. The van der Waals surface area contributed by atoms with Crippen LogP contribution in [-0.4, -0.2) is 12.1 Å². The molecular weight excluding hydrogens is 210 g/mol. The number of anilines is 1. The summed E-state index contributed by atoms with van der Waals surface area (Å²) in [5, 5.41) is 4.03. The lowest BCUT2D eigenvalue weighted by Crippen LogP contribution is -2.13. The number of rotatable bonds is 4. The lowest BCUT2D eigenvalue weighted by molar-refractivity contribution is 0.243. The molecule has 84 valence electrons. The maximum Gasteiger partial charge on any atom is 0.142 e. The first-order valence-electron chi connectivity index (χ1n) is 5.21. The Balaban J connectivity index is 2.92. The molecule has 0 aliphatic heterocycles. The summed E-state index contributed by atoms with van der Waals surface area (Å²) in [6.07, 6.45) is 0.166. The zero-order valence-corrected chi connectivity index (χ0v) is 10.4. The first kappa shape index (κ1) is 12.2. The van der Waals surface area contributed by atoms with E-state index in [1.165, 1.54) is 0 Å². The Morgan fingerprint density at radius 2 is 1.87 bits per heavy atom. The minimum Gasteiger partial charge on any atom is -0.489 e. The third-order valence-corrected chi connectivity index (χ3v) is 1.98. The predicted molar refractivity (Wildman–Crippen MR) is 66.0 cm³/mol. The van der Waals surface area contributed by atoms with Gasteiger partial charge in [-0.15, -0.1) is 0 Å². The molecule has 0 heterocycles. The van der Waals surface area contributed by atoms with Crippen LogP contribution in [0.2, 0.25) is 5.02 Å². The Kier molecular flexibility index (Phi) is 4.28. The van der Waals surface area contributed by atoms with E-state index in [0.29, 0.717) is 11.1 Å². The Hall–Kier alpha value is -0.890. The molecule has 0 radical (unpaired) electrons. The molecule has 3 heteroatoms. The van der Waals surface area contributed by atoms with Gasteiger partial charge in [-0.05, 0) is 45.9 Å². The number of hydrogen-bond acceptors (Lipinski definition) is 2. The Bertz CT molecular complexity index is 323. The molecule has 0 unspecified atom stereocenters. The smallest absolute Gasteiger partial charge is 0.142 e. The van der Waals surface area contributed by atoms with Gasteiger partial charge in [-0.25, -0.2) is 0 Å². The number of nitrogens with one attached hydrogen (secondary N) is 1. The Morgan fingerprint density at radius 1 is 1.20 bits per heavy atom. The van der Waals surface area contributed by atoms with Gasteiger partial charge in [0.25, 0.3) is 0 Å². The maximum absolute atomic E-state index is 5.94. The van der Waals surface area contributed by atoms with Gasteiger partial charge in [0.1, 0.15) is 5.75 Å². The van der Waals surface area contributed by atoms with E-state index in [9.17, 15) is 0 Å². The largest absolute Gasteiger partial charge is 0.489 e. The predicted octanol–water partition coefficient (Wildman–Crippen LogP) is 3.95. The van der Waals surface area contributed by atoms with Gasteiger partial charge >= 0.3 is 0 Å². The van der Waals surface area contributed by atoms with E-state index < -0.39 is 0 Å². The highest BCUT2D eigenvalue weighted by atomic mass is 35.5. The molecule has 1 N–H and O–H groups in total. The van der Waals surface area contributed by atoms with Gasteiger partial charge in [0.15, 0.2) is 0 Å². The molecule has 0 aromatic heterocycles. The average Bonchev–Trinajstić information content (AvgIpc) is 2.08. The van der Waals surface area contributed by atoms with Crippen molar-refractivity contribution in [2.75, 3.05) is 5.32 Å². The van der Waals surface area contributed by atoms with Gasteiger partial charge in [-0.2, -0.15) is 0 Å². The second kappa shape index (κ2) is 5.26. The maximum atomic E-state index is 5.94. The normalized spacial score (nSPS) is 10.9. The van der Waals surface area contributed by atoms with E-state index >= 15 is 0 Å². The van der Waals surface area contributed by atoms with Crippen LogP contribution >= 0.6 is 11.6 Å². The molecule has 0 saturated carbocycles. The molecule has 2 nitrogen and oxygen atoms in total. The molecule has 0 fully saturated rings. The summed E-state index contributed by atoms with van der Waals surface area (Å²) in [5.41, 5.74) is 0.950. The fourth-order valence-corrected chi connectivity index (χ4v) is 1.45. The van der Waals surface area contributed by atoms with Crippen molar-refractivity contribution in [3.05, 3.63) is 23.2 Å². The molecule has 0 bridgehead atoms. The summed E-state index contributed by atoms with van der Waals surface area (Å²) < 4.78 is 5.68. The number of halogens is 1.